The molecule has 7 aromatic carbocycles. The summed E-state index contributed by atoms with van der Waals surface area (Å²) in [5.41, 5.74) is 6.67. The predicted octanol–water partition coefficient (Wildman–Crippen LogP) is 9.32. The van der Waals surface area contributed by atoms with Gasteiger partial charge in [0.05, 0.1) is 11.6 Å². The molecule has 0 spiro atoms. The summed E-state index contributed by atoms with van der Waals surface area (Å²) in [6, 6.07) is 51.6. The van der Waals surface area contributed by atoms with Crippen LogP contribution in [-0.4, -0.2) is 15.0 Å². The molecular weight excluding hydrogens is 650 g/mol. The number of hydrogen-bond acceptors (Lipinski definition) is 5. The Labute approximate surface area is 293 Å². The summed E-state index contributed by atoms with van der Waals surface area (Å²) >= 11 is 0. The van der Waals surface area contributed by atoms with E-state index < -0.39 is 7.14 Å². The zero-order chi connectivity index (χ0) is 34.5. The van der Waals surface area contributed by atoms with Crippen LogP contribution in [0.3, 0.4) is 0 Å². The SMILES string of the molecule is N#Cc1ccc(-c2nc(-c3ccc(F)cc3)nc(-c3ccc(-c4ccc5c(c4)P(=O)(c4ccccc4)c4ccccc4-5)c4ccccc34)n2)cc1. The van der Waals surface area contributed by atoms with Gasteiger partial charge in [-0.1, -0.05) is 97.1 Å². The van der Waals surface area contributed by atoms with E-state index in [1.165, 1.54) is 12.1 Å². The molecule has 1 atom stereocenters. The number of rotatable bonds is 5. The van der Waals surface area contributed by atoms with Crippen LogP contribution in [0.5, 0.6) is 0 Å². The molecule has 1 aromatic heterocycles. The first-order valence-electron chi connectivity index (χ1n) is 16.5. The maximum Gasteiger partial charge on any atom is 0.172 e. The molecule has 240 valence electrons. The molecule has 0 amide bonds. The van der Waals surface area contributed by atoms with E-state index in [1.54, 1.807) is 24.3 Å². The average Bonchev–Trinajstić information content (AvgIpc) is 3.46. The van der Waals surface area contributed by atoms with Gasteiger partial charge in [-0.2, -0.15) is 5.26 Å². The zero-order valence-electron chi connectivity index (χ0n) is 27.0. The Bertz CT molecular complexity index is 2740. The highest BCUT2D eigenvalue weighted by Gasteiger charge is 2.40. The molecule has 8 aromatic rings. The Balaban J connectivity index is 1.22. The predicted molar refractivity (Wildman–Crippen MR) is 202 cm³/mol. The molecule has 7 heteroatoms. The van der Waals surface area contributed by atoms with Crippen LogP contribution in [0.1, 0.15) is 5.56 Å². The number of halogens is 1. The second kappa shape index (κ2) is 12.1. The third-order valence-electron chi connectivity index (χ3n) is 9.48. The third kappa shape index (κ3) is 5.06. The van der Waals surface area contributed by atoms with Crippen molar-refractivity contribution in [3.05, 3.63) is 169 Å². The number of fused-ring (bicyclic) bond motifs is 4. The van der Waals surface area contributed by atoms with E-state index in [0.29, 0.717) is 28.6 Å². The van der Waals surface area contributed by atoms with Gasteiger partial charge in [0.1, 0.15) is 5.82 Å². The van der Waals surface area contributed by atoms with Gasteiger partial charge in [0, 0.05) is 32.6 Å². The van der Waals surface area contributed by atoms with Crippen LogP contribution < -0.4 is 15.9 Å². The van der Waals surface area contributed by atoms with Crippen molar-refractivity contribution in [1.82, 2.24) is 15.0 Å². The smallest absolute Gasteiger partial charge is 0.172 e. The first kappa shape index (κ1) is 30.5. The first-order valence-corrected chi connectivity index (χ1v) is 18.2. The van der Waals surface area contributed by atoms with E-state index >= 15 is 4.57 Å². The quantitative estimate of drug-likeness (QED) is 0.170. The Morgan fingerprint density at radius 3 is 1.73 bits per heavy atom. The van der Waals surface area contributed by atoms with Crippen molar-refractivity contribution in [3.63, 3.8) is 0 Å². The molecule has 9 rings (SSSR count). The van der Waals surface area contributed by atoms with Crippen LogP contribution in [0.25, 0.3) is 67.2 Å². The highest BCUT2D eigenvalue weighted by molar-refractivity contribution is 7.86. The van der Waals surface area contributed by atoms with Gasteiger partial charge in [-0.15, -0.1) is 0 Å². The van der Waals surface area contributed by atoms with Crippen molar-refractivity contribution >= 4 is 33.8 Å². The molecular formula is C44H26FN4OP. The fraction of sp³-hybridized carbons (Fsp3) is 0. The second-order valence-electron chi connectivity index (χ2n) is 12.4. The lowest BCUT2D eigenvalue weighted by atomic mass is 9.93. The largest absolute Gasteiger partial charge is 0.309 e. The minimum atomic E-state index is -3.11. The lowest BCUT2D eigenvalue weighted by Gasteiger charge is -2.17. The molecule has 0 radical (unpaired) electrons. The van der Waals surface area contributed by atoms with Crippen molar-refractivity contribution < 1.29 is 8.96 Å². The average molecular weight is 677 g/mol. The van der Waals surface area contributed by atoms with Crippen LogP contribution in [0, 0.1) is 17.1 Å². The van der Waals surface area contributed by atoms with Crippen molar-refractivity contribution in [2.75, 3.05) is 0 Å². The Morgan fingerprint density at radius 1 is 0.490 bits per heavy atom. The molecule has 1 aliphatic rings. The highest BCUT2D eigenvalue weighted by Crippen LogP contribution is 2.53. The fourth-order valence-electron chi connectivity index (χ4n) is 7.00. The number of benzene rings is 7. The molecule has 51 heavy (non-hydrogen) atoms. The maximum absolute atomic E-state index is 15.2. The van der Waals surface area contributed by atoms with Crippen LogP contribution in [0.4, 0.5) is 4.39 Å². The summed E-state index contributed by atoms with van der Waals surface area (Å²) in [5, 5.41) is 13.8. The van der Waals surface area contributed by atoms with Gasteiger partial charge < -0.3 is 4.57 Å². The summed E-state index contributed by atoms with van der Waals surface area (Å²) in [5.74, 6) is 0.955. The molecule has 0 bridgehead atoms. The summed E-state index contributed by atoms with van der Waals surface area (Å²) in [4.78, 5) is 14.6. The monoisotopic (exact) mass is 676 g/mol. The Hall–Kier alpha value is -6.54. The molecule has 0 aliphatic carbocycles. The lowest BCUT2D eigenvalue weighted by Crippen LogP contribution is -2.20. The van der Waals surface area contributed by atoms with Gasteiger partial charge >= 0.3 is 0 Å². The van der Waals surface area contributed by atoms with E-state index in [4.69, 9.17) is 15.0 Å². The van der Waals surface area contributed by atoms with Crippen LogP contribution >= 0.6 is 7.14 Å². The van der Waals surface area contributed by atoms with Gasteiger partial charge in [-0.25, -0.2) is 19.3 Å². The molecule has 1 unspecified atom stereocenters. The normalized spacial score (nSPS) is 14.5. The first-order chi connectivity index (χ1) is 25.0. The van der Waals surface area contributed by atoms with Crippen molar-refractivity contribution in [3.8, 4) is 62.5 Å². The van der Waals surface area contributed by atoms with Gasteiger partial charge in [0.15, 0.2) is 24.6 Å². The minimum absolute atomic E-state index is 0.350. The Kier molecular flexibility index (Phi) is 7.24. The van der Waals surface area contributed by atoms with E-state index in [-0.39, 0.29) is 5.82 Å². The van der Waals surface area contributed by atoms with E-state index in [1.807, 2.05) is 78.9 Å². The van der Waals surface area contributed by atoms with Crippen LogP contribution in [0.15, 0.2) is 158 Å². The molecule has 0 saturated carbocycles. The maximum atomic E-state index is 15.2. The lowest BCUT2D eigenvalue weighted by molar-refractivity contribution is 0.593. The molecule has 5 nitrogen and oxygen atoms in total. The summed E-state index contributed by atoms with van der Waals surface area (Å²) in [6.45, 7) is 0. The van der Waals surface area contributed by atoms with Crippen molar-refractivity contribution in [2.24, 2.45) is 0 Å². The number of nitrogens with zero attached hydrogens (tertiary/aromatic N) is 4. The summed E-state index contributed by atoms with van der Waals surface area (Å²) < 4.78 is 29.1. The number of hydrogen-bond donors (Lipinski definition) is 0. The second-order valence-corrected chi connectivity index (χ2v) is 15.1. The fourth-order valence-corrected chi connectivity index (χ4v) is 10.1. The van der Waals surface area contributed by atoms with Crippen LogP contribution in [0.2, 0.25) is 0 Å². The zero-order valence-corrected chi connectivity index (χ0v) is 27.9. The highest BCUT2D eigenvalue weighted by atomic mass is 31.2. The topological polar surface area (TPSA) is 79.5 Å². The standard InChI is InChI=1S/C44H26FN4OP/c45-32-21-18-30(19-22-32)43-47-42(29-16-14-28(27-46)15-17-29)48-44(49-43)39-25-24-34(35-10-4-5-11-36(35)39)31-20-23-38-37-12-6-7-13-40(37)51(50,41(38)26-31)33-8-2-1-3-9-33/h1-26H. The molecule has 1 aliphatic heterocycles. The van der Waals surface area contributed by atoms with Crippen molar-refractivity contribution in [2.45, 2.75) is 0 Å². The van der Waals surface area contributed by atoms with Gasteiger partial charge in [0.25, 0.3) is 0 Å². The van der Waals surface area contributed by atoms with Crippen LogP contribution in [-0.2, 0) is 4.57 Å². The van der Waals surface area contributed by atoms with Gasteiger partial charge in [0.2, 0.25) is 0 Å². The third-order valence-corrected chi connectivity index (χ3v) is 12.6. The molecule has 0 saturated heterocycles. The van der Waals surface area contributed by atoms with E-state index in [2.05, 4.69) is 48.5 Å². The van der Waals surface area contributed by atoms with E-state index in [0.717, 1.165) is 60.1 Å². The summed E-state index contributed by atoms with van der Waals surface area (Å²) in [7, 11) is -3.11. The van der Waals surface area contributed by atoms with Gasteiger partial charge in [-0.3, -0.25) is 0 Å². The van der Waals surface area contributed by atoms with E-state index in [9.17, 15) is 9.65 Å². The Morgan fingerprint density at radius 2 is 1.02 bits per heavy atom. The minimum Gasteiger partial charge on any atom is -0.309 e. The summed E-state index contributed by atoms with van der Waals surface area (Å²) in [6.07, 6.45) is 0. The molecule has 0 N–H and O–H groups in total. The molecule has 0 fully saturated rings. The number of nitriles is 1. The van der Waals surface area contributed by atoms with Gasteiger partial charge in [-0.05, 0) is 93.7 Å². The number of aromatic nitrogens is 3. The van der Waals surface area contributed by atoms with Crippen molar-refractivity contribution in [1.29, 1.82) is 5.26 Å². The molecule has 2 heterocycles.